The maximum Gasteiger partial charge on any atom is 0.522 e. The third-order valence-electron chi connectivity index (χ3n) is 4.21. The van der Waals surface area contributed by atoms with E-state index in [4.69, 9.17) is 25.9 Å². The molecule has 0 radical (unpaired) electrons. The van der Waals surface area contributed by atoms with Crippen LogP contribution in [0.15, 0.2) is 0 Å². The molecule has 0 saturated carbocycles. The highest BCUT2D eigenvalue weighted by Gasteiger charge is 2.45. The van der Waals surface area contributed by atoms with Crippen molar-refractivity contribution in [3.63, 3.8) is 0 Å². The van der Waals surface area contributed by atoms with Crippen LogP contribution in [0.25, 0.3) is 0 Å². The maximum absolute atomic E-state index is 12.3. The van der Waals surface area contributed by atoms with Gasteiger partial charge in [-0.2, -0.15) is 55.8 Å². The van der Waals surface area contributed by atoms with E-state index in [0.29, 0.717) is 11.2 Å². The van der Waals surface area contributed by atoms with Crippen LogP contribution in [-0.2, 0) is 25.0 Å². The molecule has 2 aliphatic rings. The Balaban J connectivity index is 0.000000510. The predicted molar refractivity (Wildman–Crippen MR) is 103 cm³/mol. The minimum atomic E-state index is -5.84. The first-order valence-electron chi connectivity index (χ1n) is 8.51. The molecule has 2 atom stereocenters. The van der Waals surface area contributed by atoms with Gasteiger partial charge >= 0.3 is 31.3 Å². The fourth-order valence-electron chi connectivity index (χ4n) is 2.50. The molecule has 0 aromatic rings. The second-order valence-corrected chi connectivity index (χ2v) is 10.4. The van der Waals surface area contributed by atoms with E-state index in [1.807, 2.05) is 11.9 Å². The van der Waals surface area contributed by atoms with Crippen LogP contribution in [0.5, 0.6) is 0 Å². The Morgan fingerprint density at radius 2 is 1.22 bits per heavy atom. The number of likely N-dealkylation sites (N-methyl/N-ethyl adjacent to an activating group) is 2. The molecular formula is C13H23F6N3O7S3. The minimum absolute atomic E-state index is 0.0610. The standard InChI is InChI=1S/C11H21N3OS.2CHF3O3S/c1-12-3-5-14(6-4-12)11(15)10-7-9(16)8-13(10)2;2*2-1(3,4)8(5,6)7/h9-10,16H,3-8H2,1-2H3;2*(H,5,6,7)/t9-,10-;;/m0../s1. The SMILES string of the molecule is CN1CCN(C(=O)[C@@H]2C[C@H](S)CN2C)CC1.O=S(=O)(O)C(F)(F)F.O=S(=O)(O)C(F)(F)F. The van der Waals surface area contributed by atoms with Crippen LogP contribution in [0.4, 0.5) is 26.3 Å². The quantitative estimate of drug-likeness (QED) is 0.188. The lowest BCUT2D eigenvalue weighted by atomic mass is 10.1. The maximum atomic E-state index is 12.3. The van der Waals surface area contributed by atoms with Crippen molar-refractivity contribution in [1.82, 2.24) is 14.7 Å². The second kappa shape index (κ2) is 11.5. The van der Waals surface area contributed by atoms with E-state index in [1.54, 1.807) is 0 Å². The summed E-state index contributed by atoms with van der Waals surface area (Å²) in [6.45, 7) is 4.65. The van der Waals surface area contributed by atoms with Crippen LogP contribution in [-0.4, -0.2) is 116 Å². The number of thiol groups is 1. The van der Waals surface area contributed by atoms with Crippen molar-refractivity contribution in [3.8, 4) is 0 Å². The molecule has 0 aromatic heterocycles. The van der Waals surface area contributed by atoms with Gasteiger partial charge < -0.3 is 9.80 Å². The molecule has 2 fully saturated rings. The molecule has 10 nitrogen and oxygen atoms in total. The monoisotopic (exact) mass is 543 g/mol. The summed E-state index contributed by atoms with van der Waals surface area (Å²) in [6.07, 6.45) is 0.894. The van der Waals surface area contributed by atoms with Crippen molar-refractivity contribution in [3.05, 3.63) is 0 Å². The fraction of sp³-hybridized carbons (Fsp3) is 0.923. The molecule has 192 valence electrons. The Bertz CT molecular complexity index is 785. The van der Waals surface area contributed by atoms with E-state index in [-0.39, 0.29) is 6.04 Å². The van der Waals surface area contributed by atoms with E-state index in [0.717, 1.165) is 39.1 Å². The largest absolute Gasteiger partial charge is 0.522 e. The van der Waals surface area contributed by atoms with Gasteiger partial charge in [0.25, 0.3) is 0 Å². The number of hydrogen-bond donors (Lipinski definition) is 3. The van der Waals surface area contributed by atoms with Crippen LogP contribution in [0, 0.1) is 0 Å². The van der Waals surface area contributed by atoms with Crippen LogP contribution >= 0.6 is 12.6 Å². The lowest BCUT2D eigenvalue weighted by Gasteiger charge is -2.35. The highest BCUT2D eigenvalue weighted by molar-refractivity contribution is 7.86. The van der Waals surface area contributed by atoms with Gasteiger partial charge in [0.15, 0.2) is 0 Å². The summed E-state index contributed by atoms with van der Waals surface area (Å²) in [5, 5.41) is 0.353. The van der Waals surface area contributed by atoms with Gasteiger partial charge in [-0.15, -0.1) is 0 Å². The number of amides is 1. The Morgan fingerprint density at radius 3 is 1.47 bits per heavy atom. The highest BCUT2D eigenvalue weighted by atomic mass is 32.2. The summed E-state index contributed by atoms with van der Waals surface area (Å²) >= 11 is 4.46. The van der Waals surface area contributed by atoms with Crippen molar-refractivity contribution in [1.29, 1.82) is 0 Å². The normalized spacial score (nSPS) is 23.7. The van der Waals surface area contributed by atoms with Crippen LogP contribution in [0.3, 0.4) is 0 Å². The van der Waals surface area contributed by atoms with E-state index in [2.05, 4.69) is 29.5 Å². The zero-order valence-corrected chi connectivity index (χ0v) is 19.2. The topological polar surface area (TPSA) is 136 Å². The smallest absolute Gasteiger partial charge is 0.339 e. The molecule has 19 heteroatoms. The lowest BCUT2D eigenvalue weighted by molar-refractivity contribution is -0.137. The predicted octanol–water partition coefficient (Wildman–Crippen LogP) is 0.551. The first kappa shape index (κ1) is 31.1. The summed E-state index contributed by atoms with van der Waals surface area (Å²) < 4.78 is 115. The number of likely N-dealkylation sites (tertiary alicyclic amines) is 1. The number of carbonyl (C=O) groups excluding carboxylic acids is 1. The van der Waals surface area contributed by atoms with Gasteiger partial charge in [-0.05, 0) is 20.5 Å². The van der Waals surface area contributed by atoms with Crippen LogP contribution in [0.2, 0.25) is 0 Å². The zero-order chi connectivity index (χ0) is 25.7. The number of halogens is 6. The van der Waals surface area contributed by atoms with Crippen LogP contribution < -0.4 is 0 Å². The first-order valence-corrected chi connectivity index (χ1v) is 11.9. The third-order valence-corrected chi connectivity index (χ3v) is 5.76. The van der Waals surface area contributed by atoms with Crippen molar-refractivity contribution in [2.24, 2.45) is 0 Å². The van der Waals surface area contributed by atoms with Gasteiger partial charge in [0.2, 0.25) is 5.91 Å². The Morgan fingerprint density at radius 1 is 0.875 bits per heavy atom. The molecule has 0 aromatic carbocycles. The average molecular weight is 544 g/mol. The average Bonchev–Trinajstić information content (AvgIpc) is 2.91. The summed E-state index contributed by atoms with van der Waals surface area (Å²) in [5.74, 6) is 0.298. The van der Waals surface area contributed by atoms with Crippen molar-refractivity contribution in [2.75, 3.05) is 46.8 Å². The molecule has 32 heavy (non-hydrogen) atoms. The van der Waals surface area contributed by atoms with Gasteiger partial charge in [0.05, 0.1) is 6.04 Å². The summed E-state index contributed by atoms with van der Waals surface area (Å²) in [5.41, 5.74) is -11.1. The number of alkyl halides is 6. The summed E-state index contributed by atoms with van der Waals surface area (Å²) in [4.78, 5) is 18.7. The molecule has 0 unspecified atom stereocenters. The van der Waals surface area contributed by atoms with Gasteiger partial charge in [0, 0.05) is 38.0 Å². The van der Waals surface area contributed by atoms with Gasteiger partial charge in [-0.25, -0.2) is 0 Å². The highest BCUT2D eigenvalue weighted by Crippen LogP contribution is 2.22. The molecule has 2 saturated heterocycles. The molecular weight excluding hydrogens is 520 g/mol. The van der Waals surface area contributed by atoms with Crippen molar-refractivity contribution in [2.45, 2.75) is 28.7 Å². The van der Waals surface area contributed by atoms with E-state index >= 15 is 0 Å². The van der Waals surface area contributed by atoms with Crippen LogP contribution in [0.1, 0.15) is 6.42 Å². The Labute approximate surface area is 186 Å². The number of piperazine rings is 1. The minimum Gasteiger partial charge on any atom is -0.339 e. The molecule has 2 aliphatic heterocycles. The molecule has 2 rings (SSSR count). The van der Waals surface area contributed by atoms with E-state index < -0.39 is 31.3 Å². The molecule has 0 spiro atoms. The fourth-order valence-corrected chi connectivity index (χ4v) is 2.96. The lowest BCUT2D eigenvalue weighted by Crippen LogP contribution is -2.52. The molecule has 0 aliphatic carbocycles. The molecule has 2 heterocycles. The molecule has 2 N–H and O–H groups in total. The van der Waals surface area contributed by atoms with E-state index in [9.17, 15) is 31.1 Å². The first-order chi connectivity index (χ1) is 14.1. The molecule has 0 bridgehead atoms. The van der Waals surface area contributed by atoms with Gasteiger partial charge in [-0.3, -0.25) is 18.8 Å². The third kappa shape index (κ3) is 10.4. The summed E-state index contributed by atoms with van der Waals surface area (Å²) in [7, 11) is -7.55. The van der Waals surface area contributed by atoms with Gasteiger partial charge in [-0.1, -0.05) is 0 Å². The number of carbonyl (C=O) groups is 1. The second-order valence-electron chi connectivity index (χ2n) is 6.82. The van der Waals surface area contributed by atoms with Crippen molar-refractivity contribution >= 4 is 38.8 Å². The zero-order valence-electron chi connectivity index (χ0n) is 16.7. The van der Waals surface area contributed by atoms with Crippen molar-refractivity contribution < 1.29 is 57.1 Å². The van der Waals surface area contributed by atoms with Gasteiger partial charge in [0.1, 0.15) is 0 Å². The summed E-state index contributed by atoms with van der Waals surface area (Å²) in [6, 6.07) is 0.0610. The number of hydrogen-bond acceptors (Lipinski definition) is 8. The van der Waals surface area contributed by atoms with E-state index in [1.165, 1.54) is 0 Å². The Hall–Kier alpha value is -0.860. The molecule has 1 amide bonds. The number of nitrogens with zero attached hydrogens (tertiary/aromatic N) is 3. The Kier molecular flexibility index (Phi) is 11.2. The number of rotatable bonds is 1.